The number of alkyl halides is 3. The molecular weight excluding hydrogens is 465 g/mol. The molecule has 2 N–H and O–H groups in total. The van der Waals surface area contributed by atoms with Crippen LogP contribution in [-0.4, -0.2) is 16.8 Å². The minimum Gasteiger partial charge on any atom is -0.280 e. The van der Waals surface area contributed by atoms with Gasteiger partial charge in [0.15, 0.2) is 0 Å². The quantitative estimate of drug-likeness (QED) is 0.519. The Morgan fingerprint density at radius 2 is 1.34 bits per heavy atom. The largest absolute Gasteiger partial charge is 0.416 e. The minimum atomic E-state index is -4.63. The molecule has 0 fully saturated rings. The summed E-state index contributed by atoms with van der Waals surface area (Å²) in [5.41, 5.74) is -0.0700. The van der Waals surface area contributed by atoms with E-state index in [2.05, 4.69) is 9.44 Å². The maximum Gasteiger partial charge on any atom is 0.416 e. The first-order valence-corrected chi connectivity index (χ1v) is 12.1. The van der Waals surface area contributed by atoms with E-state index in [1.54, 1.807) is 26.0 Å². The van der Waals surface area contributed by atoms with E-state index in [0.29, 0.717) is 11.6 Å². The molecule has 6 nitrogen and oxygen atoms in total. The molecule has 11 heteroatoms. The lowest BCUT2D eigenvalue weighted by atomic mass is 10.2. The van der Waals surface area contributed by atoms with Crippen molar-refractivity contribution in [2.45, 2.75) is 29.8 Å². The summed E-state index contributed by atoms with van der Waals surface area (Å²) in [6.45, 7) is 3.32. The van der Waals surface area contributed by atoms with Crippen molar-refractivity contribution in [3.63, 3.8) is 0 Å². The number of sulfonamides is 2. The summed E-state index contributed by atoms with van der Waals surface area (Å²) in [5, 5.41) is 0. The molecule has 0 radical (unpaired) electrons. The molecule has 0 unspecified atom stereocenters. The van der Waals surface area contributed by atoms with E-state index >= 15 is 0 Å². The van der Waals surface area contributed by atoms with Gasteiger partial charge in [-0.05, 0) is 67.4 Å². The Bertz CT molecular complexity index is 1370. The zero-order valence-electron chi connectivity index (χ0n) is 16.9. The van der Waals surface area contributed by atoms with Crippen LogP contribution in [0.1, 0.15) is 16.7 Å². The third kappa shape index (κ3) is 5.40. The Balaban J connectivity index is 1.92. The second kappa shape index (κ2) is 8.47. The van der Waals surface area contributed by atoms with Crippen molar-refractivity contribution in [2.75, 3.05) is 9.44 Å². The zero-order chi connectivity index (χ0) is 23.7. The van der Waals surface area contributed by atoms with Gasteiger partial charge in [0.2, 0.25) is 0 Å². The number of anilines is 2. The topological polar surface area (TPSA) is 92.3 Å². The van der Waals surface area contributed by atoms with Crippen LogP contribution in [-0.2, 0) is 26.2 Å². The molecule has 3 rings (SSSR count). The molecule has 0 saturated carbocycles. The highest BCUT2D eigenvalue weighted by molar-refractivity contribution is 7.93. The summed E-state index contributed by atoms with van der Waals surface area (Å²) in [4.78, 5) is -0.310. The van der Waals surface area contributed by atoms with Crippen LogP contribution in [0.4, 0.5) is 24.5 Å². The van der Waals surface area contributed by atoms with Gasteiger partial charge in [-0.25, -0.2) is 16.8 Å². The van der Waals surface area contributed by atoms with Crippen molar-refractivity contribution < 1.29 is 30.0 Å². The first-order chi connectivity index (χ1) is 14.8. The molecule has 0 amide bonds. The summed E-state index contributed by atoms with van der Waals surface area (Å²) in [5.74, 6) is 0. The van der Waals surface area contributed by atoms with Crippen molar-refractivity contribution in [3.05, 3.63) is 83.4 Å². The van der Waals surface area contributed by atoms with Gasteiger partial charge in [0, 0.05) is 5.69 Å². The zero-order valence-corrected chi connectivity index (χ0v) is 18.6. The summed E-state index contributed by atoms with van der Waals surface area (Å²) in [7, 11) is -8.29. The molecule has 0 aliphatic rings. The van der Waals surface area contributed by atoms with Gasteiger partial charge in [0.1, 0.15) is 0 Å². The molecule has 0 aliphatic heterocycles. The predicted octanol–water partition coefficient (Wildman–Crippen LogP) is 4.92. The van der Waals surface area contributed by atoms with Gasteiger partial charge in [-0.3, -0.25) is 9.44 Å². The van der Waals surface area contributed by atoms with Gasteiger partial charge in [0.25, 0.3) is 20.0 Å². The molecule has 0 atom stereocenters. The number of halogens is 3. The van der Waals surface area contributed by atoms with Gasteiger partial charge in [-0.1, -0.05) is 24.3 Å². The van der Waals surface area contributed by atoms with Crippen molar-refractivity contribution in [3.8, 4) is 0 Å². The molecule has 3 aromatic carbocycles. The van der Waals surface area contributed by atoms with Crippen LogP contribution >= 0.6 is 0 Å². The van der Waals surface area contributed by atoms with Gasteiger partial charge in [-0.2, -0.15) is 13.2 Å². The first-order valence-electron chi connectivity index (χ1n) is 9.18. The van der Waals surface area contributed by atoms with Crippen LogP contribution in [0.25, 0.3) is 0 Å². The molecule has 0 bridgehead atoms. The third-order valence-electron chi connectivity index (χ3n) is 4.51. The summed E-state index contributed by atoms with van der Waals surface area (Å²) in [6, 6.07) is 13.7. The number of benzene rings is 3. The Morgan fingerprint density at radius 1 is 0.719 bits per heavy atom. The highest BCUT2D eigenvalue weighted by atomic mass is 32.2. The Morgan fingerprint density at radius 3 is 2.00 bits per heavy atom. The fourth-order valence-electron chi connectivity index (χ4n) is 2.84. The average Bonchev–Trinajstić information content (AvgIpc) is 2.68. The Labute approximate surface area is 184 Å². The van der Waals surface area contributed by atoms with E-state index < -0.39 is 31.8 Å². The van der Waals surface area contributed by atoms with Crippen molar-refractivity contribution in [2.24, 2.45) is 0 Å². The minimum absolute atomic E-state index is 0.00671. The SMILES string of the molecule is Cc1cccc(S(=O)(=O)Nc2cc(S(=O)(=O)Nc3cccc(C(F)(F)F)c3)ccc2C)c1. The average molecular weight is 485 g/mol. The molecule has 0 heterocycles. The van der Waals surface area contributed by atoms with Gasteiger partial charge in [-0.15, -0.1) is 0 Å². The summed E-state index contributed by atoms with van der Waals surface area (Å²) < 4.78 is 94.0. The monoisotopic (exact) mass is 484 g/mol. The van der Waals surface area contributed by atoms with E-state index in [-0.39, 0.29) is 21.2 Å². The molecule has 0 aromatic heterocycles. The summed E-state index contributed by atoms with van der Waals surface area (Å²) >= 11 is 0. The van der Waals surface area contributed by atoms with Crippen molar-refractivity contribution in [1.29, 1.82) is 0 Å². The van der Waals surface area contributed by atoms with Gasteiger partial charge >= 0.3 is 6.18 Å². The molecule has 3 aromatic rings. The molecular formula is C21H19F3N2O4S2. The van der Waals surface area contributed by atoms with Crippen molar-refractivity contribution in [1.82, 2.24) is 0 Å². The number of nitrogens with one attached hydrogen (secondary N) is 2. The lowest BCUT2D eigenvalue weighted by molar-refractivity contribution is -0.137. The van der Waals surface area contributed by atoms with Crippen LogP contribution in [0, 0.1) is 13.8 Å². The number of hydrogen-bond donors (Lipinski definition) is 2. The number of hydrogen-bond acceptors (Lipinski definition) is 4. The first kappa shape index (κ1) is 23.6. The van der Waals surface area contributed by atoms with Crippen LogP contribution < -0.4 is 9.44 Å². The molecule has 0 aliphatic carbocycles. The molecule has 170 valence electrons. The molecule has 0 saturated heterocycles. The van der Waals surface area contributed by atoms with Gasteiger partial charge in [0.05, 0.1) is 21.0 Å². The number of rotatable bonds is 6. The van der Waals surface area contributed by atoms with E-state index in [0.717, 1.165) is 23.8 Å². The third-order valence-corrected chi connectivity index (χ3v) is 7.25. The Hall–Kier alpha value is -3.05. The lowest BCUT2D eigenvalue weighted by Gasteiger charge is -2.14. The molecule has 32 heavy (non-hydrogen) atoms. The van der Waals surface area contributed by atoms with E-state index in [1.165, 1.54) is 30.3 Å². The van der Waals surface area contributed by atoms with Crippen LogP contribution in [0.15, 0.2) is 76.5 Å². The fraction of sp³-hybridized carbons (Fsp3) is 0.143. The lowest BCUT2D eigenvalue weighted by Crippen LogP contribution is -2.16. The highest BCUT2D eigenvalue weighted by Gasteiger charge is 2.30. The maximum atomic E-state index is 12.9. The van der Waals surface area contributed by atoms with Crippen LogP contribution in [0.2, 0.25) is 0 Å². The Kier molecular flexibility index (Phi) is 6.25. The maximum absolute atomic E-state index is 12.9. The second-order valence-electron chi connectivity index (χ2n) is 7.08. The van der Waals surface area contributed by atoms with Crippen LogP contribution in [0.5, 0.6) is 0 Å². The predicted molar refractivity (Wildman–Crippen MR) is 115 cm³/mol. The fourth-order valence-corrected chi connectivity index (χ4v) is 5.14. The van der Waals surface area contributed by atoms with Crippen molar-refractivity contribution >= 4 is 31.4 Å². The van der Waals surface area contributed by atoms with Gasteiger partial charge < -0.3 is 0 Å². The van der Waals surface area contributed by atoms with E-state index in [1.807, 2.05) is 0 Å². The second-order valence-corrected chi connectivity index (χ2v) is 10.4. The standard InChI is InChI=1S/C21H19F3N2O4S2/c1-14-5-3-8-18(11-14)32(29,30)26-20-13-19(10-9-15(20)2)31(27,28)25-17-7-4-6-16(12-17)21(22,23)24/h3-13,25-26H,1-2H3. The smallest absolute Gasteiger partial charge is 0.280 e. The number of aryl methyl sites for hydroxylation is 2. The van der Waals surface area contributed by atoms with E-state index in [9.17, 15) is 30.0 Å². The normalized spacial score (nSPS) is 12.4. The molecule has 0 spiro atoms. The van der Waals surface area contributed by atoms with E-state index in [4.69, 9.17) is 0 Å². The van der Waals surface area contributed by atoms with Crippen LogP contribution in [0.3, 0.4) is 0 Å². The highest BCUT2D eigenvalue weighted by Crippen LogP contribution is 2.31. The summed E-state index contributed by atoms with van der Waals surface area (Å²) in [6.07, 6.45) is -4.63.